The van der Waals surface area contributed by atoms with Crippen LogP contribution in [0.25, 0.3) is 0 Å². The van der Waals surface area contributed by atoms with Gasteiger partial charge in [0.15, 0.2) is 0 Å². The minimum Gasteiger partial charge on any atom is -0.340 e. The number of piperazine rings is 1. The summed E-state index contributed by atoms with van der Waals surface area (Å²) in [4.78, 5) is 16.6. The van der Waals surface area contributed by atoms with Gasteiger partial charge in [-0.2, -0.15) is 0 Å². The van der Waals surface area contributed by atoms with Crippen LogP contribution in [0.5, 0.6) is 0 Å². The molecular formula is C13H27N3O. The molecule has 1 fully saturated rings. The molecule has 0 aromatic rings. The zero-order chi connectivity index (χ0) is 13.0. The van der Waals surface area contributed by atoms with Crippen molar-refractivity contribution in [1.82, 2.24) is 9.80 Å². The molecule has 0 bridgehead atoms. The zero-order valence-corrected chi connectivity index (χ0v) is 11.6. The van der Waals surface area contributed by atoms with Crippen molar-refractivity contribution < 1.29 is 4.79 Å². The molecule has 2 atom stereocenters. The summed E-state index contributed by atoms with van der Waals surface area (Å²) < 4.78 is 0. The second kappa shape index (κ2) is 6.36. The van der Waals surface area contributed by atoms with Crippen LogP contribution in [0.4, 0.5) is 0 Å². The normalized spacial score (nSPS) is 24.1. The molecule has 1 amide bonds. The van der Waals surface area contributed by atoms with Crippen LogP contribution in [0.3, 0.4) is 0 Å². The van der Waals surface area contributed by atoms with E-state index in [2.05, 4.69) is 32.7 Å². The summed E-state index contributed by atoms with van der Waals surface area (Å²) in [7, 11) is 2.11. The summed E-state index contributed by atoms with van der Waals surface area (Å²) in [6.45, 7) is 9.56. The van der Waals surface area contributed by atoms with E-state index in [-0.39, 0.29) is 11.8 Å². The van der Waals surface area contributed by atoms with Gasteiger partial charge in [-0.25, -0.2) is 0 Å². The highest BCUT2D eigenvalue weighted by Gasteiger charge is 2.28. The van der Waals surface area contributed by atoms with Crippen LogP contribution in [0.2, 0.25) is 0 Å². The lowest BCUT2D eigenvalue weighted by molar-refractivity contribution is -0.138. The molecule has 1 saturated heterocycles. The van der Waals surface area contributed by atoms with Gasteiger partial charge >= 0.3 is 0 Å². The molecule has 2 N–H and O–H groups in total. The lowest BCUT2D eigenvalue weighted by atomic mass is 9.95. The molecule has 17 heavy (non-hydrogen) atoms. The first kappa shape index (κ1) is 14.5. The lowest BCUT2D eigenvalue weighted by Gasteiger charge is -2.39. The van der Waals surface area contributed by atoms with Crippen LogP contribution >= 0.6 is 0 Å². The summed E-state index contributed by atoms with van der Waals surface area (Å²) in [5, 5.41) is 0. The van der Waals surface area contributed by atoms with Gasteiger partial charge in [-0.3, -0.25) is 4.79 Å². The van der Waals surface area contributed by atoms with Crippen LogP contribution in [0.1, 0.15) is 27.2 Å². The minimum absolute atomic E-state index is 0.00519. The van der Waals surface area contributed by atoms with Crippen LogP contribution < -0.4 is 5.73 Å². The van der Waals surface area contributed by atoms with E-state index in [1.165, 1.54) is 0 Å². The Morgan fingerprint density at radius 3 is 2.53 bits per heavy atom. The van der Waals surface area contributed by atoms with Crippen molar-refractivity contribution in [3.05, 3.63) is 0 Å². The van der Waals surface area contributed by atoms with E-state index in [1.54, 1.807) is 0 Å². The van der Waals surface area contributed by atoms with E-state index >= 15 is 0 Å². The Labute approximate surface area is 105 Å². The fourth-order valence-electron chi connectivity index (χ4n) is 2.37. The van der Waals surface area contributed by atoms with E-state index in [1.807, 2.05) is 4.90 Å². The van der Waals surface area contributed by atoms with Gasteiger partial charge in [0.1, 0.15) is 0 Å². The number of carbonyl (C=O) groups is 1. The molecule has 0 aromatic carbocycles. The van der Waals surface area contributed by atoms with Gasteiger partial charge < -0.3 is 15.5 Å². The number of nitrogens with zero attached hydrogens (tertiary/aromatic N) is 2. The molecule has 4 heteroatoms. The highest BCUT2D eigenvalue weighted by Crippen LogP contribution is 2.16. The number of amides is 1. The molecule has 2 unspecified atom stereocenters. The highest BCUT2D eigenvalue weighted by molar-refractivity contribution is 5.79. The molecule has 1 aliphatic heterocycles. The largest absolute Gasteiger partial charge is 0.340 e. The Bertz CT molecular complexity index is 255. The molecule has 0 saturated carbocycles. The number of likely N-dealkylation sites (N-methyl/N-ethyl adjacent to an activating group) is 1. The standard InChI is InChI=1S/C13H27N3O/c1-10(2)7-12(8-14)13(17)16-6-5-15(4)11(3)9-16/h10-12H,5-9,14H2,1-4H3. The van der Waals surface area contributed by atoms with Crippen molar-refractivity contribution in [1.29, 1.82) is 0 Å². The number of hydrogen-bond donors (Lipinski definition) is 1. The molecular weight excluding hydrogens is 214 g/mol. The van der Waals surface area contributed by atoms with Crippen molar-refractivity contribution in [2.24, 2.45) is 17.6 Å². The van der Waals surface area contributed by atoms with Crippen molar-refractivity contribution in [2.75, 3.05) is 33.2 Å². The van der Waals surface area contributed by atoms with Gasteiger partial charge in [0.2, 0.25) is 5.91 Å². The monoisotopic (exact) mass is 241 g/mol. The summed E-state index contributed by atoms with van der Waals surface area (Å²) in [6.07, 6.45) is 0.899. The van der Waals surface area contributed by atoms with Crippen LogP contribution in [0.15, 0.2) is 0 Å². The van der Waals surface area contributed by atoms with Gasteiger partial charge in [0.05, 0.1) is 5.92 Å². The third-order valence-corrected chi connectivity index (χ3v) is 3.66. The van der Waals surface area contributed by atoms with E-state index in [4.69, 9.17) is 5.73 Å². The molecule has 1 heterocycles. The smallest absolute Gasteiger partial charge is 0.227 e. The van der Waals surface area contributed by atoms with Crippen LogP contribution in [-0.2, 0) is 4.79 Å². The van der Waals surface area contributed by atoms with Gasteiger partial charge in [-0.15, -0.1) is 0 Å². The van der Waals surface area contributed by atoms with E-state index in [9.17, 15) is 4.79 Å². The molecule has 1 aliphatic rings. The summed E-state index contributed by atoms with van der Waals surface area (Å²) in [5.41, 5.74) is 5.73. The second-order valence-electron chi connectivity index (χ2n) is 5.68. The minimum atomic E-state index is 0.00519. The summed E-state index contributed by atoms with van der Waals surface area (Å²) in [6, 6.07) is 0.449. The Balaban J connectivity index is 2.56. The predicted octanol–water partition coefficient (Wildman–Crippen LogP) is 0.770. The van der Waals surface area contributed by atoms with Gasteiger partial charge in [0, 0.05) is 32.2 Å². The van der Waals surface area contributed by atoms with Gasteiger partial charge in [-0.05, 0) is 26.3 Å². The maximum absolute atomic E-state index is 12.3. The zero-order valence-electron chi connectivity index (χ0n) is 11.6. The molecule has 1 rings (SSSR count). The Hall–Kier alpha value is -0.610. The second-order valence-corrected chi connectivity index (χ2v) is 5.68. The molecule has 0 spiro atoms. The van der Waals surface area contributed by atoms with E-state index in [0.717, 1.165) is 26.1 Å². The molecule has 100 valence electrons. The summed E-state index contributed by atoms with van der Waals surface area (Å²) >= 11 is 0. The Morgan fingerprint density at radius 1 is 1.41 bits per heavy atom. The maximum atomic E-state index is 12.3. The SMILES string of the molecule is CC(C)CC(CN)C(=O)N1CCN(C)C(C)C1. The average molecular weight is 241 g/mol. The van der Waals surface area contributed by atoms with Gasteiger partial charge in [0.25, 0.3) is 0 Å². The van der Waals surface area contributed by atoms with Crippen LogP contribution in [0, 0.1) is 11.8 Å². The van der Waals surface area contributed by atoms with Crippen LogP contribution in [-0.4, -0.2) is 55.0 Å². The fourth-order valence-corrected chi connectivity index (χ4v) is 2.37. The van der Waals surface area contributed by atoms with Crippen molar-refractivity contribution in [2.45, 2.75) is 33.2 Å². The van der Waals surface area contributed by atoms with E-state index in [0.29, 0.717) is 18.5 Å². The summed E-state index contributed by atoms with van der Waals surface area (Å²) in [5.74, 6) is 0.782. The topological polar surface area (TPSA) is 49.6 Å². The Kier molecular flexibility index (Phi) is 5.40. The third kappa shape index (κ3) is 3.96. The molecule has 4 nitrogen and oxygen atoms in total. The van der Waals surface area contributed by atoms with Gasteiger partial charge in [-0.1, -0.05) is 13.8 Å². The highest BCUT2D eigenvalue weighted by atomic mass is 16.2. The molecule has 0 radical (unpaired) electrons. The number of nitrogens with two attached hydrogens (primary N) is 1. The maximum Gasteiger partial charge on any atom is 0.227 e. The first-order chi connectivity index (χ1) is 7.95. The number of carbonyl (C=O) groups excluding carboxylic acids is 1. The number of hydrogen-bond acceptors (Lipinski definition) is 3. The fraction of sp³-hybridized carbons (Fsp3) is 0.923. The first-order valence-electron chi connectivity index (χ1n) is 6.64. The molecule has 0 aliphatic carbocycles. The van der Waals surface area contributed by atoms with E-state index < -0.39 is 0 Å². The first-order valence-corrected chi connectivity index (χ1v) is 6.64. The van der Waals surface area contributed by atoms with Crippen molar-refractivity contribution in [3.63, 3.8) is 0 Å². The van der Waals surface area contributed by atoms with Crippen molar-refractivity contribution >= 4 is 5.91 Å². The average Bonchev–Trinajstić information content (AvgIpc) is 2.28. The number of rotatable bonds is 4. The Morgan fingerprint density at radius 2 is 2.06 bits per heavy atom. The lowest BCUT2D eigenvalue weighted by Crippen LogP contribution is -2.54. The van der Waals surface area contributed by atoms with Crippen molar-refractivity contribution in [3.8, 4) is 0 Å². The third-order valence-electron chi connectivity index (χ3n) is 3.66. The predicted molar refractivity (Wildman–Crippen MR) is 70.7 cm³/mol. The quantitative estimate of drug-likeness (QED) is 0.791. The molecule has 0 aromatic heterocycles.